The van der Waals surface area contributed by atoms with Crippen molar-refractivity contribution in [3.8, 4) is 17.2 Å². The largest absolute Gasteiger partial charge is 0.497 e. The highest BCUT2D eigenvalue weighted by atomic mass is 16.5. The molecule has 5 nitrogen and oxygen atoms in total. The van der Waals surface area contributed by atoms with Crippen LogP contribution < -0.4 is 14.2 Å². The number of nitrogens with zero attached hydrogens (tertiary/aromatic N) is 1. The zero-order chi connectivity index (χ0) is 18.4. The Bertz CT molecular complexity index is 665. The minimum Gasteiger partial charge on any atom is -0.497 e. The topological polar surface area (TPSA) is 51.2 Å². The summed E-state index contributed by atoms with van der Waals surface area (Å²) in [6, 6.07) is 16.0. The van der Waals surface area contributed by atoms with E-state index in [1.165, 1.54) is 12.8 Å². The fourth-order valence-corrected chi connectivity index (χ4v) is 3.01. The maximum absolute atomic E-state index is 10.4. The van der Waals surface area contributed by atoms with Gasteiger partial charge in [0, 0.05) is 25.2 Å². The van der Waals surface area contributed by atoms with E-state index in [2.05, 4.69) is 4.90 Å². The highest BCUT2D eigenvalue weighted by molar-refractivity contribution is 5.38. The van der Waals surface area contributed by atoms with E-state index in [-0.39, 0.29) is 6.61 Å². The van der Waals surface area contributed by atoms with Crippen molar-refractivity contribution in [1.29, 1.82) is 0 Å². The molecule has 2 aromatic carbocycles. The van der Waals surface area contributed by atoms with Crippen molar-refractivity contribution in [2.75, 3.05) is 27.4 Å². The molecule has 1 fully saturated rings. The summed E-state index contributed by atoms with van der Waals surface area (Å²) in [7, 11) is 3.31. The Morgan fingerprint density at radius 1 is 1.00 bits per heavy atom. The molecule has 0 heterocycles. The molecule has 1 aliphatic rings. The van der Waals surface area contributed by atoms with Gasteiger partial charge in [-0.25, -0.2) is 0 Å². The molecule has 1 N–H and O–H groups in total. The normalized spacial score (nSPS) is 14.9. The Morgan fingerprint density at radius 2 is 1.65 bits per heavy atom. The van der Waals surface area contributed by atoms with Crippen molar-refractivity contribution < 1.29 is 19.3 Å². The van der Waals surface area contributed by atoms with Gasteiger partial charge in [0.2, 0.25) is 0 Å². The molecular weight excluding hydrogens is 330 g/mol. The minimum atomic E-state index is -0.539. The molecule has 0 aliphatic heterocycles. The van der Waals surface area contributed by atoms with Gasteiger partial charge < -0.3 is 19.3 Å². The van der Waals surface area contributed by atoms with Crippen LogP contribution in [0.25, 0.3) is 0 Å². The van der Waals surface area contributed by atoms with E-state index < -0.39 is 6.10 Å². The monoisotopic (exact) mass is 357 g/mol. The van der Waals surface area contributed by atoms with E-state index in [0.717, 1.165) is 29.4 Å². The maximum atomic E-state index is 10.4. The smallest absolute Gasteiger partial charge is 0.122 e. The fourth-order valence-electron chi connectivity index (χ4n) is 3.01. The van der Waals surface area contributed by atoms with Crippen LogP contribution in [0.5, 0.6) is 17.2 Å². The number of aliphatic hydroxyl groups is 1. The van der Waals surface area contributed by atoms with Crippen LogP contribution in [0.2, 0.25) is 0 Å². The molecule has 3 rings (SSSR count). The van der Waals surface area contributed by atoms with E-state index in [4.69, 9.17) is 14.2 Å². The van der Waals surface area contributed by atoms with Crippen LogP contribution in [0.1, 0.15) is 18.4 Å². The highest BCUT2D eigenvalue weighted by Crippen LogP contribution is 2.30. The van der Waals surface area contributed by atoms with E-state index in [0.29, 0.717) is 12.6 Å². The number of benzene rings is 2. The third-order valence-corrected chi connectivity index (χ3v) is 4.49. The molecule has 1 aliphatic carbocycles. The summed E-state index contributed by atoms with van der Waals surface area (Å²) >= 11 is 0. The molecule has 140 valence electrons. The van der Waals surface area contributed by atoms with Gasteiger partial charge in [0.1, 0.15) is 30.0 Å². The lowest BCUT2D eigenvalue weighted by molar-refractivity contribution is 0.0626. The summed E-state index contributed by atoms with van der Waals surface area (Å²) in [5.41, 5.74) is 1.12. The molecule has 0 amide bonds. The zero-order valence-corrected chi connectivity index (χ0v) is 15.4. The van der Waals surface area contributed by atoms with Crippen molar-refractivity contribution in [1.82, 2.24) is 4.90 Å². The molecule has 2 aromatic rings. The Labute approximate surface area is 155 Å². The van der Waals surface area contributed by atoms with Crippen LogP contribution >= 0.6 is 0 Å². The van der Waals surface area contributed by atoms with Crippen LogP contribution in [0.4, 0.5) is 0 Å². The molecule has 0 radical (unpaired) electrons. The van der Waals surface area contributed by atoms with Gasteiger partial charge in [-0.2, -0.15) is 0 Å². The van der Waals surface area contributed by atoms with Crippen molar-refractivity contribution >= 4 is 0 Å². The van der Waals surface area contributed by atoms with Gasteiger partial charge in [-0.15, -0.1) is 0 Å². The summed E-state index contributed by atoms with van der Waals surface area (Å²) in [5, 5.41) is 10.4. The summed E-state index contributed by atoms with van der Waals surface area (Å²) < 4.78 is 16.4. The highest BCUT2D eigenvalue weighted by Gasteiger charge is 2.30. The second-order valence-corrected chi connectivity index (χ2v) is 6.66. The average molecular weight is 357 g/mol. The summed E-state index contributed by atoms with van der Waals surface area (Å²) in [6.45, 7) is 1.62. The third-order valence-electron chi connectivity index (χ3n) is 4.49. The SMILES string of the molecule is COc1cc(CN(C[C@@H](O)COc2ccccc2)C2CC2)cc(OC)c1. The lowest BCUT2D eigenvalue weighted by Crippen LogP contribution is -2.36. The number of hydrogen-bond donors (Lipinski definition) is 1. The molecule has 0 bridgehead atoms. The van der Waals surface area contributed by atoms with Gasteiger partial charge in [0.05, 0.1) is 14.2 Å². The van der Waals surface area contributed by atoms with Gasteiger partial charge >= 0.3 is 0 Å². The maximum Gasteiger partial charge on any atom is 0.122 e. The second-order valence-electron chi connectivity index (χ2n) is 6.66. The standard InChI is InChI=1S/C21H27NO4/c1-24-20-10-16(11-21(12-20)25-2)13-22(17-8-9-17)14-18(23)15-26-19-6-4-3-5-7-19/h3-7,10-12,17-18,23H,8-9,13-15H2,1-2H3/t18-/m1/s1. The predicted octanol–water partition coefficient (Wildman–Crippen LogP) is 3.11. The molecule has 1 saturated carbocycles. The third kappa shape index (κ3) is 5.38. The Balaban J connectivity index is 1.59. The number of rotatable bonds is 10. The Hall–Kier alpha value is -2.24. The van der Waals surface area contributed by atoms with Crippen LogP contribution in [-0.4, -0.2) is 49.5 Å². The lowest BCUT2D eigenvalue weighted by atomic mass is 10.1. The van der Waals surface area contributed by atoms with Crippen molar-refractivity contribution in [3.05, 3.63) is 54.1 Å². The fraction of sp³-hybridized carbons (Fsp3) is 0.429. The van der Waals surface area contributed by atoms with E-state index >= 15 is 0 Å². The molecule has 0 spiro atoms. The summed E-state index contributed by atoms with van der Waals surface area (Å²) in [6.07, 6.45) is 1.81. The van der Waals surface area contributed by atoms with E-state index in [1.807, 2.05) is 48.5 Å². The average Bonchev–Trinajstić information content (AvgIpc) is 3.51. The summed E-state index contributed by atoms with van der Waals surface area (Å²) in [5.74, 6) is 2.34. The number of aliphatic hydroxyl groups excluding tert-OH is 1. The molecule has 5 heteroatoms. The second kappa shape index (κ2) is 8.92. The van der Waals surface area contributed by atoms with Crippen LogP contribution in [0, 0.1) is 0 Å². The van der Waals surface area contributed by atoms with E-state index in [1.54, 1.807) is 14.2 Å². The van der Waals surface area contributed by atoms with Crippen molar-refractivity contribution in [2.45, 2.75) is 31.5 Å². The first-order valence-corrected chi connectivity index (χ1v) is 9.00. The zero-order valence-electron chi connectivity index (χ0n) is 15.4. The van der Waals surface area contributed by atoms with Gasteiger partial charge in [-0.3, -0.25) is 4.90 Å². The Kier molecular flexibility index (Phi) is 6.36. The van der Waals surface area contributed by atoms with Gasteiger partial charge in [0.25, 0.3) is 0 Å². The van der Waals surface area contributed by atoms with Gasteiger partial charge in [0.15, 0.2) is 0 Å². The quantitative estimate of drug-likeness (QED) is 0.708. The van der Waals surface area contributed by atoms with Crippen molar-refractivity contribution in [2.24, 2.45) is 0 Å². The van der Waals surface area contributed by atoms with Crippen molar-refractivity contribution in [3.63, 3.8) is 0 Å². The number of hydrogen-bond acceptors (Lipinski definition) is 5. The first-order chi connectivity index (χ1) is 12.7. The Morgan fingerprint density at radius 3 is 2.23 bits per heavy atom. The van der Waals surface area contributed by atoms with Crippen LogP contribution in [0.15, 0.2) is 48.5 Å². The summed E-state index contributed by atoms with van der Waals surface area (Å²) in [4.78, 5) is 2.31. The molecule has 0 aromatic heterocycles. The molecule has 0 saturated heterocycles. The number of methoxy groups -OCH3 is 2. The molecule has 26 heavy (non-hydrogen) atoms. The number of para-hydroxylation sites is 1. The first-order valence-electron chi connectivity index (χ1n) is 9.00. The van der Waals surface area contributed by atoms with Crippen LogP contribution in [-0.2, 0) is 6.54 Å². The minimum absolute atomic E-state index is 0.286. The molecule has 1 atom stereocenters. The number of ether oxygens (including phenoxy) is 3. The molecular formula is C21H27NO4. The first kappa shape index (κ1) is 18.5. The van der Waals surface area contributed by atoms with Gasteiger partial charge in [-0.1, -0.05) is 18.2 Å². The molecule has 0 unspecified atom stereocenters. The lowest BCUT2D eigenvalue weighted by Gasteiger charge is -2.25. The van der Waals surface area contributed by atoms with Gasteiger partial charge in [-0.05, 0) is 42.7 Å². The predicted molar refractivity (Wildman–Crippen MR) is 101 cm³/mol. The van der Waals surface area contributed by atoms with E-state index in [9.17, 15) is 5.11 Å². The van der Waals surface area contributed by atoms with Crippen LogP contribution in [0.3, 0.4) is 0 Å².